The molecule has 564 valence electrons. The summed E-state index contributed by atoms with van der Waals surface area (Å²) in [6.45, 7) is 18.0. The average molecular weight is 1560 g/mol. The zero-order valence-corrected chi connectivity index (χ0v) is 62.6. The van der Waals surface area contributed by atoms with E-state index in [9.17, 15) is 27.6 Å². The molecule has 0 radical (unpaired) electrons. The number of aromatic nitrogens is 9. The van der Waals surface area contributed by atoms with Crippen LogP contribution in [0.5, 0.6) is 6.01 Å². The molecule has 6 aliphatic rings. The molecule has 1 N–H and O–H groups in total. The number of benzene rings is 6. The highest BCUT2D eigenvalue weighted by Crippen LogP contribution is 2.47. The van der Waals surface area contributed by atoms with Gasteiger partial charge < -0.3 is 44.4 Å². The SMILES string of the molecule is C=CC(=O)N1CC[C@@H]2[C@H]1CN2c1nc(N(C)C)nc2c(F)c(-c3cccc4ccc(F)c(Cl)c34)ncc12.C=CC(=O)N1CC[C@@H]2[C@H]1CN2c1nc(NC)nc2c(F)c(-c3cccc4ccc(F)c(Cl)c34)ncc12.C=CC(=O)N1CC[C@@H]2[C@H]1CN2c1nc(OC(C)C)nc2c(F)c(-c3cccc4ccc(F)c(Cl)c34)ncc12. The molecular weight excluding hydrogens is 1500 g/mol. The third kappa shape index (κ3) is 12.4. The lowest BCUT2D eigenvalue weighted by atomic mass is 9.96. The van der Waals surface area contributed by atoms with E-state index in [1.807, 2.05) is 33.4 Å². The van der Waals surface area contributed by atoms with E-state index in [-0.39, 0.29) is 121 Å². The number of nitrogens with zero attached hydrogens (tertiary/aromatic N) is 16. The highest BCUT2D eigenvalue weighted by Gasteiger charge is 2.52. The molecule has 6 atom stereocenters. The fraction of sp³-hybridized carbons (Fsp3) is 0.259. The highest BCUT2D eigenvalue weighted by molar-refractivity contribution is 6.38. The Morgan fingerprint density at radius 2 is 0.838 bits per heavy atom. The number of hydrogen-bond donors (Lipinski definition) is 1. The predicted molar refractivity (Wildman–Crippen MR) is 420 cm³/mol. The Morgan fingerprint density at radius 1 is 0.486 bits per heavy atom. The number of amides is 3. The van der Waals surface area contributed by atoms with Crippen molar-refractivity contribution in [3.05, 3.63) is 198 Å². The molecule has 6 aliphatic heterocycles. The molecule has 6 fully saturated rings. The largest absolute Gasteiger partial charge is 0.461 e. The van der Waals surface area contributed by atoms with Crippen molar-refractivity contribution < 1.29 is 45.5 Å². The smallest absolute Gasteiger partial charge is 0.319 e. The summed E-state index contributed by atoms with van der Waals surface area (Å²) in [6, 6.07) is 24.6. The minimum absolute atomic E-state index is 0.000791. The van der Waals surface area contributed by atoms with Crippen LogP contribution < -0.4 is 29.7 Å². The van der Waals surface area contributed by atoms with E-state index in [0.29, 0.717) is 128 Å². The molecule has 12 aromatic rings. The number of rotatable bonds is 13. The Balaban J connectivity index is 0.000000126. The summed E-state index contributed by atoms with van der Waals surface area (Å²) < 4.78 is 97.3. The van der Waals surface area contributed by atoms with Crippen molar-refractivity contribution >= 4 is 147 Å². The topological polar surface area (TPSA) is 211 Å². The molecule has 0 unspecified atom stereocenters. The van der Waals surface area contributed by atoms with Crippen LogP contribution in [0.4, 0.5) is 55.7 Å². The van der Waals surface area contributed by atoms with Crippen LogP contribution in [0.2, 0.25) is 15.1 Å². The van der Waals surface area contributed by atoms with E-state index >= 15 is 13.2 Å². The van der Waals surface area contributed by atoms with Crippen LogP contribution in [0.1, 0.15) is 33.1 Å². The second-order valence-electron chi connectivity index (χ2n) is 28.1. The van der Waals surface area contributed by atoms with Gasteiger partial charge in [-0.1, -0.05) is 127 Å². The third-order valence-corrected chi connectivity index (χ3v) is 22.7. The first-order valence-corrected chi connectivity index (χ1v) is 36.9. The van der Waals surface area contributed by atoms with Gasteiger partial charge >= 0.3 is 6.01 Å². The Hall–Kier alpha value is -11.6. The lowest BCUT2D eigenvalue weighted by Crippen LogP contribution is -2.63. The first kappa shape index (κ1) is 73.6. The second kappa shape index (κ2) is 29.0. The van der Waals surface area contributed by atoms with Gasteiger partial charge in [0.15, 0.2) is 17.5 Å². The summed E-state index contributed by atoms with van der Waals surface area (Å²) in [4.78, 5) is 90.6. The summed E-state index contributed by atoms with van der Waals surface area (Å²) in [5, 5.41) is 7.14. The lowest BCUT2D eigenvalue weighted by Gasteiger charge is -2.47. The van der Waals surface area contributed by atoms with Crippen LogP contribution >= 0.6 is 34.8 Å². The van der Waals surface area contributed by atoms with E-state index in [2.05, 4.69) is 74.7 Å². The summed E-state index contributed by atoms with van der Waals surface area (Å²) >= 11 is 18.9. The van der Waals surface area contributed by atoms with Crippen LogP contribution in [0.15, 0.2) is 148 Å². The number of halogens is 9. The quantitative estimate of drug-likeness (QED) is 0.0840. The predicted octanol–water partition coefficient (Wildman–Crippen LogP) is 15.2. The maximum Gasteiger partial charge on any atom is 0.319 e. The number of ether oxygens (including phenoxy) is 1. The van der Waals surface area contributed by atoms with Gasteiger partial charge in [0.05, 0.1) is 73.6 Å². The maximum absolute atomic E-state index is 16.3. The lowest BCUT2D eigenvalue weighted by molar-refractivity contribution is -0.128. The molecular formula is C81H68Cl3F6N17O4. The van der Waals surface area contributed by atoms with Gasteiger partial charge in [0.25, 0.3) is 0 Å². The van der Waals surface area contributed by atoms with Gasteiger partial charge in [-0.3, -0.25) is 29.3 Å². The Morgan fingerprint density at radius 3 is 1.19 bits per heavy atom. The minimum Gasteiger partial charge on any atom is -0.461 e. The van der Waals surface area contributed by atoms with Crippen LogP contribution in [0.3, 0.4) is 0 Å². The average Bonchev–Trinajstić information content (AvgIpc) is 1.72. The second-order valence-corrected chi connectivity index (χ2v) is 29.3. The maximum atomic E-state index is 16.3. The van der Waals surface area contributed by atoms with Crippen LogP contribution in [0.25, 0.3) is 98.8 Å². The van der Waals surface area contributed by atoms with E-state index < -0.39 is 34.9 Å². The normalized spacial score (nSPS) is 18.8. The van der Waals surface area contributed by atoms with Crippen LogP contribution in [-0.2, 0) is 14.4 Å². The number of nitrogens with one attached hydrogen (secondary N) is 1. The fourth-order valence-corrected chi connectivity index (χ4v) is 17.0. The number of likely N-dealkylation sites (tertiary alicyclic amines) is 3. The molecule has 18 rings (SSSR count). The molecule has 6 aromatic heterocycles. The number of hydrogen-bond acceptors (Lipinski definition) is 18. The fourth-order valence-electron chi connectivity index (χ4n) is 16.2. The highest BCUT2D eigenvalue weighted by atomic mass is 35.5. The van der Waals surface area contributed by atoms with E-state index in [1.54, 1.807) is 111 Å². The van der Waals surface area contributed by atoms with Gasteiger partial charge in [0.1, 0.15) is 68.5 Å². The number of fused-ring (bicyclic) bond motifs is 9. The standard InChI is InChI=1S/C28H24ClF2N5O2.C27H23ClF2N6O.C26H21ClF2N6O/c1-4-21(37)35-11-10-19-20(35)13-36(19)27-17-12-32-25(24(31)26(17)33-28(34-27)38-14(2)3)16-7-5-6-15-8-9-18(30)23(29)22(15)16;1-4-20(37)35-11-10-18-19(35)13-36(18)26-16-12-31-24(23(30)25(16)32-27(33-26)34(2)3)15-7-5-6-14-8-9-17(29)22(28)21(14)15;1-3-19(36)34-10-9-17-18(34)12-35(17)25-15-11-31-23(22(29)24(15)32-26(30-2)33-25)14-6-4-5-13-7-8-16(28)21(27)20(13)14/h4-9,12,14,19-20H,1,10-11,13H2,2-3H3;4-9,12,18-19H,1,10-11,13H2,2-3H3;3-8,11,17-18H,1,9-10,12H2,2H3,(H,30,32,33)/t19-,20-;18-,19-;17-,18-/m111/s1. The molecule has 3 amide bonds. The molecule has 0 aliphatic carbocycles. The third-order valence-electron chi connectivity index (χ3n) is 21.6. The number of carbonyl (C=O) groups is 3. The van der Waals surface area contributed by atoms with E-state index in [1.165, 1.54) is 42.6 Å². The van der Waals surface area contributed by atoms with E-state index in [0.717, 1.165) is 19.3 Å². The van der Waals surface area contributed by atoms with Crippen molar-refractivity contribution in [3.8, 4) is 39.8 Å². The molecule has 6 saturated heterocycles. The van der Waals surface area contributed by atoms with Gasteiger partial charge in [-0.25, -0.2) is 36.3 Å². The van der Waals surface area contributed by atoms with Crippen molar-refractivity contribution in [1.82, 2.24) is 59.6 Å². The zero-order chi connectivity index (χ0) is 77.9. The van der Waals surface area contributed by atoms with Gasteiger partial charge in [0, 0.05) is 112 Å². The number of anilines is 5. The van der Waals surface area contributed by atoms with Gasteiger partial charge in [-0.05, 0) is 85.7 Å². The van der Waals surface area contributed by atoms with Crippen molar-refractivity contribution in [1.29, 1.82) is 0 Å². The summed E-state index contributed by atoms with van der Waals surface area (Å²) in [7, 11) is 5.24. The van der Waals surface area contributed by atoms with Gasteiger partial charge in [-0.15, -0.1) is 0 Å². The Bertz CT molecular complexity index is 5950. The molecule has 12 heterocycles. The van der Waals surface area contributed by atoms with Crippen molar-refractivity contribution in [2.24, 2.45) is 0 Å². The molecule has 6 aromatic carbocycles. The summed E-state index contributed by atoms with van der Waals surface area (Å²) in [5.74, 6) is -1.78. The first-order chi connectivity index (χ1) is 53.5. The minimum atomic E-state index is -0.681. The van der Waals surface area contributed by atoms with Gasteiger partial charge in [-0.2, -0.15) is 19.9 Å². The number of carbonyl (C=O) groups excluding carboxylic acids is 3. The van der Waals surface area contributed by atoms with Gasteiger partial charge in [0.2, 0.25) is 29.6 Å². The molecule has 0 bridgehead atoms. The molecule has 111 heavy (non-hydrogen) atoms. The van der Waals surface area contributed by atoms with Crippen molar-refractivity contribution in [3.63, 3.8) is 0 Å². The molecule has 30 heteroatoms. The molecule has 21 nitrogen and oxygen atoms in total. The van der Waals surface area contributed by atoms with Crippen LogP contribution in [-0.4, -0.2) is 180 Å². The zero-order valence-electron chi connectivity index (χ0n) is 60.3. The first-order valence-electron chi connectivity index (χ1n) is 35.8. The molecule has 0 saturated carbocycles. The summed E-state index contributed by atoms with van der Waals surface area (Å²) in [6.07, 6.45) is 10.7. The Labute approximate surface area is 646 Å². The monoisotopic (exact) mass is 1560 g/mol. The number of pyridine rings is 3. The Kier molecular flexibility index (Phi) is 19.2. The van der Waals surface area contributed by atoms with Crippen molar-refractivity contribution in [2.75, 3.05) is 85.3 Å². The van der Waals surface area contributed by atoms with Crippen LogP contribution in [0, 0.1) is 34.9 Å². The van der Waals surface area contributed by atoms with Crippen molar-refractivity contribution in [2.45, 2.75) is 75.5 Å². The van der Waals surface area contributed by atoms with E-state index in [4.69, 9.17) is 44.5 Å². The molecule has 0 spiro atoms. The summed E-state index contributed by atoms with van der Waals surface area (Å²) in [5.41, 5.74) is 1.43.